The van der Waals surface area contributed by atoms with Gasteiger partial charge in [0.15, 0.2) is 0 Å². The minimum absolute atomic E-state index is 0.0559. The van der Waals surface area contributed by atoms with E-state index in [0.717, 1.165) is 19.4 Å². The Kier molecular flexibility index (Phi) is 5.22. The summed E-state index contributed by atoms with van der Waals surface area (Å²) in [6.07, 6.45) is 2.26. The van der Waals surface area contributed by atoms with E-state index in [1.165, 1.54) is 12.1 Å². The van der Waals surface area contributed by atoms with Crippen LogP contribution in [0.25, 0.3) is 0 Å². The van der Waals surface area contributed by atoms with Gasteiger partial charge in [0, 0.05) is 31.2 Å². The molecule has 0 radical (unpaired) electrons. The number of nitro benzene ring substituents is 1. The molecule has 0 aliphatic carbocycles. The Balaban J connectivity index is 2.10. The highest BCUT2D eigenvalue weighted by atomic mass is 16.6. The van der Waals surface area contributed by atoms with Crippen LogP contribution in [-0.4, -0.2) is 24.2 Å². The number of nitrogens with zero attached hydrogens (tertiary/aromatic N) is 2. The molecule has 6 heteroatoms. The molecular formula is C17H23N3O3. The summed E-state index contributed by atoms with van der Waals surface area (Å²) in [6.45, 7) is 7.99. The van der Waals surface area contributed by atoms with Crippen molar-refractivity contribution in [1.29, 1.82) is 5.26 Å². The minimum Gasteiger partial charge on any atom is -0.384 e. The topological polar surface area (TPSA) is 88.2 Å². The van der Waals surface area contributed by atoms with Gasteiger partial charge >= 0.3 is 0 Å². The van der Waals surface area contributed by atoms with E-state index in [0.29, 0.717) is 23.7 Å². The molecule has 6 nitrogen and oxygen atoms in total. The molecule has 124 valence electrons. The summed E-state index contributed by atoms with van der Waals surface area (Å²) in [5.41, 5.74) is 0.917. The zero-order chi connectivity index (χ0) is 17.0. The fourth-order valence-electron chi connectivity index (χ4n) is 3.14. The summed E-state index contributed by atoms with van der Waals surface area (Å²) in [4.78, 5) is 10.3. The second-order valence-electron chi connectivity index (χ2n) is 7.04. The van der Waals surface area contributed by atoms with Crippen molar-refractivity contribution < 1.29 is 9.66 Å². The molecule has 0 bridgehead atoms. The lowest BCUT2D eigenvalue weighted by atomic mass is 9.78. The van der Waals surface area contributed by atoms with Crippen molar-refractivity contribution in [3.8, 4) is 6.07 Å². The number of ether oxygens (including phenoxy) is 1. The first-order valence-corrected chi connectivity index (χ1v) is 7.87. The quantitative estimate of drug-likeness (QED) is 0.675. The maximum Gasteiger partial charge on any atom is 0.270 e. The lowest BCUT2D eigenvalue weighted by Gasteiger charge is -2.40. The molecule has 1 heterocycles. The Labute approximate surface area is 136 Å². The van der Waals surface area contributed by atoms with Crippen LogP contribution in [0, 0.1) is 32.8 Å². The second kappa shape index (κ2) is 6.97. The number of rotatable bonds is 4. The third-order valence-electron chi connectivity index (χ3n) is 4.19. The van der Waals surface area contributed by atoms with Crippen molar-refractivity contribution >= 4 is 11.4 Å². The van der Waals surface area contributed by atoms with Crippen molar-refractivity contribution in [2.45, 2.75) is 39.7 Å². The van der Waals surface area contributed by atoms with E-state index in [4.69, 9.17) is 4.74 Å². The Morgan fingerprint density at radius 3 is 2.83 bits per heavy atom. The summed E-state index contributed by atoms with van der Waals surface area (Å²) in [5.74, 6) is 0.352. The third kappa shape index (κ3) is 4.20. The molecule has 0 amide bonds. The first kappa shape index (κ1) is 17.2. The maximum absolute atomic E-state index is 10.8. The van der Waals surface area contributed by atoms with Crippen molar-refractivity contribution in [2.75, 3.05) is 18.5 Å². The average molecular weight is 317 g/mol. The molecule has 1 saturated heterocycles. The Hall–Kier alpha value is -2.13. The van der Waals surface area contributed by atoms with Crippen LogP contribution in [0.2, 0.25) is 0 Å². The van der Waals surface area contributed by atoms with E-state index in [1.807, 2.05) is 6.07 Å². The standard InChI is InChI=1S/C17H23N3O3/c1-17(2,3)16-12(5-4-8-23-16)11-19-15-7-6-14(20(21)22)9-13(15)10-18/h6-7,9,12,16,19H,4-5,8,11H2,1-3H3. The Morgan fingerprint density at radius 2 is 2.22 bits per heavy atom. The van der Waals surface area contributed by atoms with Gasteiger partial charge in [0.2, 0.25) is 0 Å². The highest BCUT2D eigenvalue weighted by molar-refractivity contribution is 5.61. The van der Waals surface area contributed by atoms with Crippen LogP contribution >= 0.6 is 0 Å². The van der Waals surface area contributed by atoms with Gasteiger partial charge in [-0.3, -0.25) is 10.1 Å². The molecule has 0 spiro atoms. The maximum atomic E-state index is 10.8. The van der Waals surface area contributed by atoms with Crippen molar-refractivity contribution in [3.63, 3.8) is 0 Å². The fourth-order valence-corrected chi connectivity index (χ4v) is 3.14. The number of nitro groups is 1. The minimum atomic E-state index is -0.491. The van der Waals surface area contributed by atoms with Crippen LogP contribution < -0.4 is 5.32 Å². The fraction of sp³-hybridized carbons (Fsp3) is 0.588. The molecule has 2 rings (SSSR count). The molecule has 0 saturated carbocycles. The smallest absolute Gasteiger partial charge is 0.270 e. The first-order valence-electron chi connectivity index (χ1n) is 7.87. The number of hydrogen-bond donors (Lipinski definition) is 1. The Bertz CT molecular complexity index is 616. The van der Waals surface area contributed by atoms with Crippen molar-refractivity contribution in [2.24, 2.45) is 11.3 Å². The number of anilines is 1. The largest absolute Gasteiger partial charge is 0.384 e. The highest BCUT2D eigenvalue weighted by Crippen LogP contribution is 2.34. The SMILES string of the molecule is CC(C)(C)C1OCCCC1CNc1ccc([N+](=O)[O-])cc1C#N. The van der Waals surface area contributed by atoms with Gasteiger partial charge in [-0.15, -0.1) is 0 Å². The molecule has 2 atom stereocenters. The van der Waals surface area contributed by atoms with E-state index >= 15 is 0 Å². The molecule has 1 aliphatic rings. The molecular weight excluding hydrogens is 294 g/mol. The molecule has 23 heavy (non-hydrogen) atoms. The molecule has 1 aromatic rings. The van der Waals surface area contributed by atoms with E-state index in [-0.39, 0.29) is 17.2 Å². The van der Waals surface area contributed by atoms with Crippen LogP contribution in [0.5, 0.6) is 0 Å². The predicted molar refractivity (Wildman–Crippen MR) is 88.2 cm³/mol. The van der Waals surface area contributed by atoms with Gasteiger partial charge in [-0.25, -0.2) is 0 Å². The van der Waals surface area contributed by atoms with Crippen molar-refractivity contribution in [3.05, 3.63) is 33.9 Å². The van der Waals surface area contributed by atoms with Crippen LogP contribution in [0.15, 0.2) is 18.2 Å². The summed E-state index contributed by atoms with van der Waals surface area (Å²) >= 11 is 0. The average Bonchev–Trinajstić information content (AvgIpc) is 2.52. The Morgan fingerprint density at radius 1 is 1.48 bits per heavy atom. The summed E-state index contributed by atoms with van der Waals surface area (Å²) in [7, 11) is 0. The van der Waals surface area contributed by atoms with Crippen LogP contribution in [-0.2, 0) is 4.74 Å². The van der Waals surface area contributed by atoms with Gasteiger partial charge in [-0.2, -0.15) is 5.26 Å². The summed E-state index contributed by atoms with van der Waals surface area (Å²) in [6, 6.07) is 6.35. The number of non-ortho nitro benzene ring substituents is 1. The zero-order valence-electron chi connectivity index (χ0n) is 13.8. The molecule has 0 aromatic heterocycles. The predicted octanol–water partition coefficient (Wildman–Crippen LogP) is 3.72. The third-order valence-corrected chi connectivity index (χ3v) is 4.19. The monoisotopic (exact) mass is 317 g/mol. The molecule has 2 unspecified atom stereocenters. The van der Waals surface area contributed by atoms with Crippen LogP contribution in [0.1, 0.15) is 39.2 Å². The van der Waals surface area contributed by atoms with Crippen molar-refractivity contribution in [1.82, 2.24) is 0 Å². The normalized spacial score (nSPS) is 21.5. The summed E-state index contributed by atoms with van der Waals surface area (Å²) in [5, 5.41) is 23.3. The van der Waals surface area contributed by atoms with E-state index in [1.54, 1.807) is 6.07 Å². The van der Waals surface area contributed by atoms with Gasteiger partial charge in [0.25, 0.3) is 5.69 Å². The molecule has 1 aromatic carbocycles. The van der Waals surface area contributed by atoms with Gasteiger partial charge in [-0.05, 0) is 24.3 Å². The molecule has 1 N–H and O–H groups in total. The summed E-state index contributed by atoms with van der Waals surface area (Å²) < 4.78 is 5.96. The van der Waals surface area contributed by atoms with Crippen LogP contribution in [0.3, 0.4) is 0 Å². The van der Waals surface area contributed by atoms with Gasteiger partial charge in [0.1, 0.15) is 6.07 Å². The van der Waals surface area contributed by atoms with E-state index < -0.39 is 4.92 Å². The number of hydrogen-bond acceptors (Lipinski definition) is 5. The number of benzene rings is 1. The lowest BCUT2D eigenvalue weighted by molar-refractivity contribution is -0.384. The zero-order valence-corrected chi connectivity index (χ0v) is 13.8. The van der Waals surface area contributed by atoms with E-state index in [9.17, 15) is 15.4 Å². The first-order chi connectivity index (χ1) is 10.8. The number of nitrogens with one attached hydrogen (secondary N) is 1. The number of nitriles is 1. The van der Waals surface area contributed by atoms with Gasteiger partial charge in [-0.1, -0.05) is 20.8 Å². The van der Waals surface area contributed by atoms with E-state index in [2.05, 4.69) is 26.1 Å². The van der Waals surface area contributed by atoms with Gasteiger partial charge < -0.3 is 10.1 Å². The molecule has 1 aliphatic heterocycles. The van der Waals surface area contributed by atoms with Crippen LogP contribution in [0.4, 0.5) is 11.4 Å². The van der Waals surface area contributed by atoms with Gasteiger partial charge in [0.05, 0.1) is 22.3 Å². The lowest BCUT2D eigenvalue weighted by Crippen LogP contribution is -2.42. The molecule has 1 fully saturated rings. The second-order valence-corrected chi connectivity index (χ2v) is 7.04. The highest BCUT2D eigenvalue weighted by Gasteiger charge is 2.35.